The van der Waals surface area contributed by atoms with Gasteiger partial charge in [-0.25, -0.2) is 4.98 Å². The molecule has 86 valence electrons. The third-order valence-electron chi connectivity index (χ3n) is 3.15. The summed E-state index contributed by atoms with van der Waals surface area (Å²) in [7, 11) is 0. The fraction of sp³-hybridized carbons (Fsp3) is 0.455. The van der Waals surface area contributed by atoms with E-state index >= 15 is 0 Å². The van der Waals surface area contributed by atoms with Crippen LogP contribution in [-0.4, -0.2) is 16.1 Å². The van der Waals surface area contributed by atoms with Crippen LogP contribution in [0.1, 0.15) is 25.3 Å². The molecule has 16 heavy (non-hydrogen) atoms. The third-order valence-corrected chi connectivity index (χ3v) is 4.29. The molecule has 1 aliphatic rings. The van der Waals surface area contributed by atoms with Gasteiger partial charge >= 0.3 is 5.97 Å². The van der Waals surface area contributed by atoms with E-state index in [9.17, 15) is 9.90 Å². The quantitative estimate of drug-likeness (QED) is 0.853. The van der Waals surface area contributed by atoms with Crippen molar-refractivity contribution in [2.45, 2.75) is 25.2 Å². The summed E-state index contributed by atoms with van der Waals surface area (Å²) in [5.74, 6) is -0.327. The van der Waals surface area contributed by atoms with E-state index in [1.165, 1.54) is 0 Å². The molecule has 0 radical (unpaired) electrons. The molecule has 1 fully saturated rings. The van der Waals surface area contributed by atoms with Crippen molar-refractivity contribution >= 4 is 33.5 Å². The van der Waals surface area contributed by atoms with Crippen molar-refractivity contribution in [1.29, 1.82) is 0 Å². The van der Waals surface area contributed by atoms with E-state index in [0.717, 1.165) is 5.56 Å². The summed E-state index contributed by atoms with van der Waals surface area (Å²) in [5, 5.41) is 9.70. The molecule has 1 N–H and O–H groups in total. The maximum atomic E-state index is 11.4. The lowest BCUT2D eigenvalue weighted by Gasteiger charge is -2.43. The maximum Gasteiger partial charge on any atom is 0.314 e. The lowest BCUT2D eigenvalue weighted by Crippen LogP contribution is -2.47. The minimum absolute atomic E-state index is 0.358. The van der Waals surface area contributed by atoms with Crippen LogP contribution in [0.5, 0.6) is 0 Å². The van der Waals surface area contributed by atoms with Crippen LogP contribution in [0.2, 0.25) is 5.15 Å². The molecular formula is C11H11BrClNO2. The second kappa shape index (κ2) is 4.00. The monoisotopic (exact) mass is 303 g/mol. The number of rotatable bonds is 2. The minimum Gasteiger partial charge on any atom is -0.481 e. The molecule has 0 amide bonds. The van der Waals surface area contributed by atoms with Gasteiger partial charge in [-0.3, -0.25) is 4.79 Å². The van der Waals surface area contributed by atoms with Gasteiger partial charge in [0.2, 0.25) is 0 Å². The Kier molecular flexibility index (Phi) is 2.97. The van der Waals surface area contributed by atoms with E-state index < -0.39 is 11.4 Å². The van der Waals surface area contributed by atoms with Crippen molar-refractivity contribution < 1.29 is 9.90 Å². The van der Waals surface area contributed by atoms with E-state index in [-0.39, 0.29) is 0 Å². The van der Waals surface area contributed by atoms with Crippen molar-refractivity contribution in [1.82, 2.24) is 4.98 Å². The van der Waals surface area contributed by atoms with Gasteiger partial charge in [0.15, 0.2) is 0 Å². The van der Waals surface area contributed by atoms with E-state index in [2.05, 4.69) is 27.8 Å². The van der Waals surface area contributed by atoms with Crippen molar-refractivity contribution in [2.24, 2.45) is 5.92 Å². The first kappa shape index (κ1) is 11.9. The van der Waals surface area contributed by atoms with Crippen LogP contribution in [0.25, 0.3) is 0 Å². The Bertz CT molecular complexity index is 444. The Hall–Kier alpha value is -0.610. The second-order valence-corrected chi connectivity index (χ2v) is 5.61. The van der Waals surface area contributed by atoms with Gasteiger partial charge < -0.3 is 5.11 Å². The molecule has 1 aromatic rings. The van der Waals surface area contributed by atoms with Crippen LogP contribution in [-0.2, 0) is 10.2 Å². The highest BCUT2D eigenvalue weighted by atomic mass is 79.9. The summed E-state index contributed by atoms with van der Waals surface area (Å²) in [6.45, 7) is 2.06. The zero-order valence-electron chi connectivity index (χ0n) is 8.70. The molecule has 5 heteroatoms. The SMILES string of the molecule is CC1CC(C(=O)O)(c2cnc(Cl)c(Br)c2)C1. The lowest BCUT2D eigenvalue weighted by atomic mass is 9.59. The van der Waals surface area contributed by atoms with Crippen molar-refractivity contribution in [3.05, 3.63) is 27.5 Å². The topological polar surface area (TPSA) is 50.2 Å². The molecule has 0 spiro atoms. The molecule has 0 unspecified atom stereocenters. The Morgan fingerprint density at radius 3 is 2.75 bits per heavy atom. The van der Waals surface area contributed by atoms with Crippen LogP contribution in [0.15, 0.2) is 16.7 Å². The molecule has 0 atom stereocenters. The first-order valence-corrected chi connectivity index (χ1v) is 6.18. The number of aromatic nitrogens is 1. The first-order chi connectivity index (χ1) is 7.45. The second-order valence-electron chi connectivity index (χ2n) is 4.40. The molecular weight excluding hydrogens is 293 g/mol. The van der Waals surface area contributed by atoms with Crippen LogP contribution >= 0.6 is 27.5 Å². The van der Waals surface area contributed by atoms with Gasteiger partial charge in [-0.05, 0) is 46.3 Å². The Balaban J connectivity index is 2.41. The molecule has 1 aromatic heterocycles. The fourth-order valence-corrected chi connectivity index (χ4v) is 2.80. The standard InChI is InChI=1S/C11H11BrClNO2/c1-6-3-11(4-6,10(15)16)7-2-8(12)9(13)14-5-7/h2,5-6H,3-4H2,1H3,(H,15,16). The molecule has 1 saturated carbocycles. The van der Waals surface area contributed by atoms with Crippen LogP contribution in [0.4, 0.5) is 0 Å². The Morgan fingerprint density at radius 2 is 2.31 bits per heavy atom. The molecule has 0 bridgehead atoms. The van der Waals surface area contributed by atoms with Gasteiger partial charge in [-0.2, -0.15) is 0 Å². The normalized spacial score (nSPS) is 28.6. The molecule has 0 saturated heterocycles. The predicted molar refractivity (Wildman–Crippen MR) is 64.7 cm³/mol. The Labute approximate surface area is 107 Å². The third kappa shape index (κ3) is 1.74. The van der Waals surface area contributed by atoms with Gasteiger partial charge in [0, 0.05) is 6.20 Å². The van der Waals surface area contributed by atoms with Gasteiger partial charge in [-0.1, -0.05) is 18.5 Å². The largest absolute Gasteiger partial charge is 0.481 e. The molecule has 0 aromatic carbocycles. The summed E-state index contributed by atoms with van der Waals surface area (Å²) >= 11 is 9.06. The summed E-state index contributed by atoms with van der Waals surface area (Å²) < 4.78 is 0.645. The predicted octanol–water partition coefficient (Wildman–Crippen LogP) is 3.25. The lowest BCUT2D eigenvalue weighted by molar-refractivity contribution is -0.149. The maximum absolute atomic E-state index is 11.4. The highest BCUT2D eigenvalue weighted by Gasteiger charge is 2.50. The molecule has 0 aliphatic heterocycles. The average molecular weight is 305 g/mol. The van der Waals surface area contributed by atoms with Crippen molar-refractivity contribution in [3.8, 4) is 0 Å². The minimum atomic E-state index is -0.776. The van der Waals surface area contributed by atoms with Gasteiger partial charge in [-0.15, -0.1) is 0 Å². The van der Waals surface area contributed by atoms with Crippen molar-refractivity contribution in [2.75, 3.05) is 0 Å². The van der Waals surface area contributed by atoms with Crippen LogP contribution in [0, 0.1) is 5.92 Å². The number of halogens is 2. The van der Waals surface area contributed by atoms with E-state index in [4.69, 9.17) is 11.6 Å². The zero-order chi connectivity index (χ0) is 11.9. The average Bonchev–Trinajstić information content (AvgIpc) is 2.17. The summed E-state index contributed by atoms with van der Waals surface area (Å²) in [6, 6.07) is 1.76. The smallest absolute Gasteiger partial charge is 0.314 e. The van der Waals surface area contributed by atoms with Gasteiger partial charge in [0.1, 0.15) is 5.15 Å². The summed E-state index contributed by atoms with van der Waals surface area (Å²) in [5.41, 5.74) is -0.0335. The highest BCUT2D eigenvalue weighted by molar-refractivity contribution is 9.10. The summed E-state index contributed by atoms with van der Waals surface area (Å²) in [4.78, 5) is 15.4. The van der Waals surface area contributed by atoms with E-state index in [1.54, 1.807) is 12.3 Å². The molecule has 3 nitrogen and oxygen atoms in total. The van der Waals surface area contributed by atoms with E-state index in [0.29, 0.717) is 28.4 Å². The summed E-state index contributed by atoms with van der Waals surface area (Å²) in [6.07, 6.45) is 2.89. The highest BCUT2D eigenvalue weighted by Crippen LogP contribution is 2.48. The fourth-order valence-electron chi connectivity index (χ4n) is 2.35. The number of carboxylic acid groups (broad SMARTS) is 1. The van der Waals surface area contributed by atoms with Crippen LogP contribution < -0.4 is 0 Å². The van der Waals surface area contributed by atoms with Gasteiger partial charge in [0.25, 0.3) is 0 Å². The number of nitrogens with zero attached hydrogens (tertiary/aromatic N) is 1. The molecule has 1 heterocycles. The number of pyridine rings is 1. The van der Waals surface area contributed by atoms with E-state index in [1.807, 2.05) is 0 Å². The number of carboxylic acids is 1. The number of carbonyl (C=O) groups is 1. The Morgan fingerprint density at radius 1 is 1.69 bits per heavy atom. The van der Waals surface area contributed by atoms with Gasteiger partial charge in [0.05, 0.1) is 9.89 Å². The number of hydrogen-bond donors (Lipinski definition) is 1. The zero-order valence-corrected chi connectivity index (χ0v) is 11.0. The van der Waals surface area contributed by atoms with Crippen molar-refractivity contribution in [3.63, 3.8) is 0 Å². The molecule has 1 aliphatic carbocycles. The first-order valence-electron chi connectivity index (χ1n) is 5.00. The van der Waals surface area contributed by atoms with Crippen LogP contribution in [0.3, 0.4) is 0 Å². The number of aliphatic carboxylic acids is 1. The number of hydrogen-bond acceptors (Lipinski definition) is 2. The molecule has 2 rings (SSSR count).